The number of rotatable bonds is 10. The van der Waals surface area contributed by atoms with Crippen molar-refractivity contribution in [2.75, 3.05) is 32.7 Å². The molecule has 0 radical (unpaired) electrons. The van der Waals surface area contributed by atoms with Crippen LogP contribution in [0.5, 0.6) is 23.0 Å². The zero-order valence-corrected chi connectivity index (χ0v) is 18.3. The Morgan fingerprint density at radius 2 is 1.87 bits per heavy atom. The highest BCUT2D eigenvalue weighted by Crippen LogP contribution is 2.42. The van der Waals surface area contributed by atoms with Crippen LogP contribution in [0.4, 0.5) is 0 Å². The molecule has 0 aliphatic carbocycles. The second-order valence-corrected chi connectivity index (χ2v) is 7.93. The van der Waals surface area contributed by atoms with Crippen molar-refractivity contribution in [3.05, 3.63) is 47.0 Å². The molecule has 2 atom stereocenters. The molecule has 1 saturated heterocycles. The quantitative estimate of drug-likeness (QED) is 0.522. The Morgan fingerprint density at radius 1 is 1.17 bits per heavy atom. The van der Waals surface area contributed by atoms with Gasteiger partial charge in [0.1, 0.15) is 19.3 Å². The van der Waals surface area contributed by atoms with Gasteiger partial charge >= 0.3 is 5.97 Å². The van der Waals surface area contributed by atoms with Gasteiger partial charge in [0.25, 0.3) is 0 Å². The Labute approximate surface area is 184 Å². The van der Waals surface area contributed by atoms with E-state index in [0.717, 1.165) is 5.56 Å². The van der Waals surface area contributed by atoms with E-state index in [4.69, 9.17) is 35.7 Å². The van der Waals surface area contributed by atoms with Crippen LogP contribution in [-0.4, -0.2) is 49.8 Å². The number of ether oxygens (including phenoxy) is 4. The average Bonchev–Trinajstić information content (AvgIpc) is 3.23. The number of hydrogen-bond acceptors (Lipinski definition) is 7. The molecule has 1 heterocycles. The van der Waals surface area contributed by atoms with Crippen LogP contribution in [-0.2, 0) is 4.79 Å². The van der Waals surface area contributed by atoms with Crippen LogP contribution in [0.1, 0.15) is 17.9 Å². The van der Waals surface area contributed by atoms with Crippen molar-refractivity contribution in [1.29, 1.82) is 0 Å². The normalized spacial score (nSPS) is 18.1. The molecule has 7 nitrogen and oxygen atoms in total. The summed E-state index contributed by atoms with van der Waals surface area (Å²) in [7, 11) is 1.53. The summed E-state index contributed by atoms with van der Waals surface area (Å²) in [4.78, 5) is 11.2. The van der Waals surface area contributed by atoms with Crippen molar-refractivity contribution in [3.63, 3.8) is 0 Å². The lowest BCUT2D eigenvalue weighted by Gasteiger charge is -2.17. The molecule has 2 unspecified atom stereocenters. The first-order valence-electron chi connectivity index (χ1n) is 9.48. The first-order chi connectivity index (χ1) is 14.5. The molecule has 3 rings (SSSR count). The monoisotopic (exact) mass is 453 g/mol. The molecule has 2 aromatic carbocycles. The molecule has 2 aromatic rings. The van der Waals surface area contributed by atoms with Crippen LogP contribution in [0.25, 0.3) is 0 Å². The zero-order valence-electron chi connectivity index (χ0n) is 16.7. The minimum Gasteiger partial charge on any atom is -0.493 e. The van der Waals surface area contributed by atoms with Crippen molar-refractivity contribution in [2.24, 2.45) is 0 Å². The highest BCUT2D eigenvalue weighted by atomic mass is 35.5. The fraction of sp³-hybridized carbons (Fsp3) is 0.381. The van der Waals surface area contributed by atoms with E-state index in [0.29, 0.717) is 47.0 Å². The van der Waals surface area contributed by atoms with Crippen LogP contribution >= 0.6 is 23.4 Å². The first-order valence-corrected chi connectivity index (χ1v) is 10.9. The van der Waals surface area contributed by atoms with E-state index < -0.39 is 12.0 Å². The lowest BCUT2D eigenvalue weighted by atomic mass is 10.2. The second-order valence-electron chi connectivity index (χ2n) is 6.38. The largest absolute Gasteiger partial charge is 0.493 e. The summed E-state index contributed by atoms with van der Waals surface area (Å²) in [5.41, 5.74) is 0.833. The van der Waals surface area contributed by atoms with E-state index in [-0.39, 0.29) is 12.0 Å². The Kier molecular flexibility index (Phi) is 7.95. The summed E-state index contributed by atoms with van der Waals surface area (Å²) in [6, 6.07) is 10.4. The maximum Gasteiger partial charge on any atom is 0.321 e. The maximum atomic E-state index is 11.2. The number of carboxylic acid groups (broad SMARTS) is 1. The summed E-state index contributed by atoms with van der Waals surface area (Å²) < 4.78 is 22.6. The highest BCUT2D eigenvalue weighted by Gasteiger charge is 2.31. The molecule has 30 heavy (non-hydrogen) atoms. The van der Waals surface area contributed by atoms with Gasteiger partial charge in [-0.15, -0.1) is 11.8 Å². The number of carboxylic acids is 1. The van der Waals surface area contributed by atoms with Crippen molar-refractivity contribution in [3.8, 4) is 23.0 Å². The van der Waals surface area contributed by atoms with Crippen LogP contribution in [0, 0.1) is 0 Å². The number of thioether (sulfide) groups is 1. The maximum absolute atomic E-state index is 11.2. The van der Waals surface area contributed by atoms with Crippen molar-refractivity contribution in [1.82, 2.24) is 5.32 Å². The van der Waals surface area contributed by atoms with Gasteiger partial charge in [-0.05, 0) is 36.8 Å². The molecular formula is C21H24ClNO6S. The molecule has 0 saturated carbocycles. The third kappa shape index (κ3) is 5.44. The van der Waals surface area contributed by atoms with Gasteiger partial charge in [0.05, 0.1) is 24.1 Å². The lowest BCUT2D eigenvalue weighted by molar-refractivity contribution is -0.138. The van der Waals surface area contributed by atoms with Crippen LogP contribution < -0.4 is 24.3 Å². The number of carbonyl (C=O) groups is 1. The Morgan fingerprint density at radius 3 is 2.50 bits per heavy atom. The topological polar surface area (TPSA) is 86.2 Å². The summed E-state index contributed by atoms with van der Waals surface area (Å²) in [6.45, 7) is 3.02. The average molecular weight is 454 g/mol. The number of hydrogen-bond donors (Lipinski definition) is 2. The number of para-hydroxylation sites is 2. The fourth-order valence-electron chi connectivity index (χ4n) is 2.98. The molecule has 0 amide bonds. The predicted molar refractivity (Wildman–Crippen MR) is 116 cm³/mol. The van der Waals surface area contributed by atoms with E-state index in [1.54, 1.807) is 12.1 Å². The second kappa shape index (κ2) is 10.7. The van der Waals surface area contributed by atoms with Gasteiger partial charge in [0, 0.05) is 5.75 Å². The molecule has 0 spiro atoms. The van der Waals surface area contributed by atoms with Crippen LogP contribution in [0.3, 0.4) is 0 Å². The van der Waals surface area contributed by atoms with Crippen molar-refractivity contribution in [2.45, 2.75) is 18.3 Å². The summed E-state index contributed by atoms with van der Waals surface area (Å²) >= 11 is 7.95. The standard InChI is InChI=1S/C21H24ClNO6S/c1-3-27-16-6-4-5-7-17(16)28-8-9-29-19-14(22)10-13(11-18(19)26-2)20-23-15(12-30-20)21(24)25/h4-7,10-11,15,20,23H,3,8-9,12H2,1-2H3,(H,24,25). The third-order valence-electron chi connectivity index (χ3n) is 4.37. The van der Waals surface area contributed by atoms with Crippen molar-refractivity contribution >= 4 is 29.3 Å². The van der Waals surface area contributed by atoms with Gasteiger partial charge in [0.2, 0.25) is 0 Å². The number of halogens is 1. The Balaban J connectivity index is 1.62. The third-order valence-corrected chi connectivity index (χ3v) is 5.92. The lowest BCUT2D eigenvalue weighted by Crippen LogP contribution is -2.33. The summed E-state index contributed by atoms with van der Waals surface area (Å²) in [6.07, 6.45) is 0. The van der Waals surface area contributed by atoms with E-state index >= 15 is 0 Å². The fourth-order valence-corrected chi connectivity index (χ4v) is 4.46. The van der Waals surface area contributed by atoms with Crippen LogP contribution in [0.2, 0.25) is 5.02 Å². The van der Waals surface area contributed by atoms with Crippen LogP contribution in [0.15, 0.2) is 36.4 Å². The zero-order chi connectivity index (χ0) is 21.5. The Bertz CT molecular complexity index is 881. The van der Waals surface area contributed by atoms with Crippen molar-refractivity contribution < 1.29 is 28.8 Å². The van der Waals surface area contributed by atoms with Gasteiger partial charge < -0.3 is 24.1 Å². The molecule has 9 heteroatoms. The van der Waals surface area contributed by atoms with E-state index in [2.05, 4.69) is 5.32 Å². The van der Waals surface area contributed by atoms with Gasteiger partial charge in [-0.25, -0.2) is 0 Å². The molecule has 162 valence electrons. The number of methoxy groups -OCH3 is 1. The summed E-state index contributed by atoms with van der Waals surface area (Å²) in [5, 5.41) is 12.4. The molecule has 1 fully saturated rings. The number of benzene rings is 2. The van der Waals surface area contributed by atoms with E-state index in [1.807, 2.05) is 31.2 Å². The molecule has 0 bridgehead atoms. The molecule has 2 N–H and O–H groups in total. The van der Waals surface area contributed by atoms with Gasteiger partial charge in [0.15, 0.2) is 23.0 Å². The molecule has 0 aromatic heterocycles. The van der Waals surface area contributed by atoms with E-state index in [9.17, 15) is 4.79 Å². The van der Waals surface area contributed by atoms with Gasteiger partial charge in [-0.2, -0.15) is 0 Å². The Hall–Kier alpha value is -2.29. The van der Waals surface area contributed by atoms with Gasteiger partial charge in [-0.3, -0.25) is 10.1 Å². The summed E-state index contributed by atoms with van der Waals surface area (Å²) in [5.74, 6) is 1.85. The minimum atomic E-state index is -0.867. The smallest absolute Gasteiger partial charge is 0.321 e. The molecule has 1 aliphatic heterocycles. The SMILES string of the molecule is CCOc1ccccc1OCCOc1c(Cl)cc(C2NC(C(=O)O)CS2)cc1OC. The van der Waals surface area contributed by atoms with E-state index in [1.165, 1.54) is 18.9 Å². The number of nitrogens with one attached hydrogen (secondary N) is 1. The molecule has 1 aliphatic rings. The van der Waals surface area contributed by atoms with Gasteiger partial charge in [-0.1, -0.05) is 23.7 Å². The highest BCUT2D eigenvalue weighted by molar-refractivity contribution is 7.99. The number of aliphatic carboxylic acids is 1. The predicted octanol–water partition coefficient (Wildman–Crippen LogP) is 3.99. The molecular weight excluding hydrogens is 430 g/mol. The minimum absolute atomic E-state index is 0.176. The first kappa shape index (κ1) is 22.4.